The summed E-state index contributed by atoms with van der Waals surface area (Å²) in [5, 5.41) is 9.76. The number of anilines is 1. The normalized spacial score (nSPS) is 18.1. The Kier molecular flexibility index (Phi) is 7.73. The van der Waals surface area contributed by atoms with E-state index in [4.69, 9.17) is 4.42 Å². The summed E-state index contributed by atoms with van der Waals surface area (Å²) in [7, 11) is 0. The molecule has 2 saturated heterocycles. The van der Waals surface area contributed by atoms with Gasteiger partial charge in [0.05, 0.1) is 18.6 Å². The van der Waals surface area contributed by atoms with E-state index in [1.165, 1.54) is 36.6 Å². The van der Waals surface area contributed by atoms with E-state index in [1.54, 1.807) is 6.26 Å². The van der Waals surface area contributed by atoms with Crippen molar-refractivity contribution < 1.29 is 9.21 Å². The molecule has 0 spiro atoms. The molecule has 1 atom stereocenters. The molecule has 186 valence electrons. The van der Waals surface area contributed by atoms with E-state index in [0.717, 1.165) is 56.1 Å². The highest BCUT2D eigenvalue weighted by Gasteiger charge is 2.26. The Labute approximate surface area is 211 Å². The van der Waals surface area contributed by atoms with Crippen LogP contribution >= 0.6 is 11.8 Å². The molecule has 1 unspecified atom stereocenters. The fraction of sp³-hybridized carbons (Fsp3) is 0.500. The van der Waals surface area contributed by atoms with Crippen LogP contribution in [-0.4, -0.2) is 75.5 Å². The van der Waals surface area contributed by atoms with E-state index in [-0.39, 0.29) is 5.91 Å². The number of carbonyl (C=O) groups excluding carboxylic acids is 1. The Morgan fingerprint density at radius 2 is 1.74 bits per heavy atom. The fourth-order valence-corrected chi connectivity index (χ4v) is 5.77. The van der Waals surface area contributed by atoms with Crippen molar-refractivity contribution in [3.8, 4) is 0 Å². The van der Waals surface area contributed by atoms with E-state index in [2.05, 4.69) is 61.8 Å². The molecule has 0 N–H and O–H groups in total. The van der Waals surface area contributed by atoms with E-state index in [1.807, 2.05) is 17.0 Å². The molecule has 8 nitrogen and oxygen atoms in total. The summed E-state index contributed by atoms with van der Waals surface area (Å²) >= 11 is 1.48. The summed E-state index contributed by atoms with van der Waals surface area (Å²) in [5.74, 6) is 2.26. The lowest BCUT2D eigenvalue weighted by molar-refractivity contribution is -0.130. The van der Waals surface area contributed by atoms with Crippen molar-refractivity contribution in [2.75, 3.05) is 49.9 Å². The number of hydrogen-bond acceptors (Lipinski definition) is 7. The maximum absolute atomic E-state index is 13.1. The van der Waals surface area contributed by atoms with E-state index in [0.29, 0.717) is 18.3 Å². The van der Waals surface area contributed by atoms with Gasteiger partial charge >= 0.3 is 0 Å². The number of amides is 1. The highest BCUT2D eigenvalue weighted by Crippen LogP contribution is 2.27. The largest absolute Gasteiger partial charge is 0.467 e. The van der Waals surface area contributed by atoms with Gasteiger partial charge in [-0.25, -0.2) is 0 Å². The predicted octanol–water partition coefficient (Wildman–Crippen LogP) is 3.91. The lowest BCUT2D eigenvalue weighted by Gasteiger charge is -2.38. The van der Waals surface area contributed by atoms with Gasteiger partial charge in [-0.05, 0) is 43.9 Å². The first-order valence-electron chi connectivity index (χ1n) is 12.6. The van der Waals surface area contributed by atoms with Gasteiger partial charge in [0, 0.05) is 45.3 Å². The standard InChI is InChI=1S/C26H34N6O2S/c1-21(22-9-4-2-5-10-22)29-14-16-30(17-15-29)24(33)20-35-26-28-27-25(31-12-6-3-7-13-31)32(26)19-23-11-8-18-34-23/h2,4-5,8-11,18,21H,3,6-7,12-17,19-20H2,1H3. The monoisotopic (exact) mass is 494 g/mol. The van der Waals surface area contributed by atoms with Crippen LogP contribution in [0.2, 0.25) is 0 Å². The summed E-state index contributed by atoms with van der Waals surface area (Å²) in [4.78, 5) is 19.8. The molecule has 4 heterocycles. The van der Waals surface area contributed by atoms with Crippen molar-refractivity contribution >= 4 is 23.6 Å². The molecule has 2 aliphatic rings. The second-order valence-electron chi connectivity index (χ2n) is 9.29. The van der Waals surface area contributed by atoms with Crippen LogP contribution in [-0.2, 0) is 11.3 Å². The molecule has 2 fully saturated rings. The Bertz CT molecular complexity index is 1070. The number of piperidine rings is 1. The maximum atomic E-state index is 13.1. The Morgan fingerprint density at radius 1 is 0.971 bits per heavy atom. The number of benzene rings is 1. The predicted molar refractivity (Wildman–Crippen MR) is 138 cm³/mol. The lowest BCUT2D eigenvalue weighted by atomic mass is 10.1. The van der Waals surface area contributed by atoms with Gasteiger partial charge in [-0.3, -0.25) is 14.3 Å². The first kappa shape index (κ1) is 23.9. The van der Waals surface area contributed by atoms with Gasteiger partial charge in [0.25, 0.3) is 0 Å². The number of carbonyl (C=O) groups is 1. The van der Waals surface area contributed by atoms with Gasteiger partial charge < -0.3 is 14.2 Å². The van der Waals surface area contributed by atoms with Gasteiger partial charge in [-0.2, -0.15) is 0 Å². The minimum atomic E-state index is 0.161. The maximum Gasteiger partial charge on any atom is 0.233 e. The molecule has 0 radical (unpaired) electrons. The SMILES string of the molecule is CC(c1ccccc1)N1CCN(C(=O)CSc2nnc(N3CCCCC3)n2Cc2ccco2)CC1. The molecule has 0 aliphatic carbocycles. The second-order valence-corrected chi connectivity index (χ2v) is 10.2. The minimum absolute atomic E-state index is 0.161. The first-order chi connectivity index (χ1) is 17.2. The van der Waals surface area contributed by atoms with Crippen molar-refractivity contribution in [2.24, 2.45) is 0 Å². The average molecular weight is 495 g/mol. The van der Waals surface area contributed by atoms with E-state index in [9.17, 15) is 4.79 Å². The number of rotatable bonds is 8. The van der Waals surface area contributed by atoms with E-state index >= 15 is 0 Å². The third-order valence-corrected chi connectivity index (χ3v) is 8.00. The summed E-state index contributed by atoms with van der Waals surface area (Å²) in [6.45, 7) is 8.09. The third-order valence-electron chi connectivity index (χ3n) is 7.05. The van der Waals surface area contributed by atoms with Crippen molar-refractivity contribution in [1.82, 2.24) is 24.6 Å². The summed E-state index contributed by atoms with van der Waals surface area (Å²) < 4.78 is 7.70. The van der Waals surface area contributed by atoms with Crippen LogP contribution in [0, 0.1) is 0 Å². The smallest absolute Gasteiger partial charge is 0.233 e. The summed E-state index contributed by atoms with van der Waals surface area (Å²) in [5.41, 5.74) is 1.32. The molecule has 1 aromatic carbocycles. The fourth-order valence-electron chi connectivity index (χ4n) is 4.93. The number of thioether (sulfide) groups is 1. The topological polar surface area (TPSA) is 70.6 Å². The van der Waals surface area contributed by atoms with Crippen LogP contribution in [0.3, 0.4) is 0 Å². The van der Waals surface area contributed by atoms with Crippen LogP contribution in [0.1, 0.15) is 43.6 Å². The van der Waals surface area contributed by atoms with Crippen LogP contribution in [0.15, 0.2) is 58.3 Å². The van der Waals surface area contributed by atoms with Crippen LogP contribution in [0.4, 0.5) is 5.95 Å². The molecule has 1 amide bonds. The van der Waals surface area contributed by atoms with Crippen LogP contribution < -0.4 is 4.90 Å². The van der Waals surface area contributed by atoms with Crippen molar-refractivity contribution in [1.29, 1.82) is 0 Å². The number of aromatic nitrogens is 3. The van der Waals surface area contributed by atoms with Crippen molar-refractivity contribution in [3.05, 3.63) is 60.1 Å². The van der Waals surface area contributed by atoms with Crippen LogP contribution in [0.5, 0.6) is 0 Å². The van der Waals surface area contributed by atoms with E-state index < -0.39 is 0 Å². The molecule has 2 aromatic heterocycles. The zero-order valence-corrected chi connectivity index (χ0v) is 21.2. The molecular weight excluding hydrogens is 460 g/mol. The average Bonchev–Trinajstić information content (AvgIpc) is 3.58. The molecular formula is C26H34N6O2S. The molecule has 2 aliphatic heterocycles. The summed E-state index contributed by atoms with van der Waals surface area (Å²) in [6.07, 6.45) is 5.29. The highest BCUT2D eigenvalue weighted by molar-refractivity contribution is 7.99. The van der Waals surface area contributed by atoms with Gasteiger partial charge in [-0.1, -0.05) is 42.1 Å². The molecule has 5 rings (SSSR count). The van der Waals surface area contributed by atoms with Gasteiger partial charge in [0.1, 0.15) is 5.76 Å². The molecule has 9 heteroatoms. The number of nitrogens with zero attached hydrogens (tertiary/aromatic N) is 6. The molecule has 35 heavy (non-hydrogen) atoms. The minimum Gasteiger partial charge on any atom is -0.467 e. The summed E-state index contributed by atoms with van der Waals surface area (Å²) in [6, 6.07) is 14.8. The second kappa shape index (κ2) is 11.3. The Balaban J connectivity index is 1.19. The van der Waals surface area contributed by atoms with Crippen LogP contribution in [0.25, 0.3) is 0 Å². The number of piperazine rings is 1. The number of hydrogen-bond donors (Lipinski definition) is 0. The zero-order valence-electron chi connectivity index (χ0n) is 20.4. The quantitative estimate of drug-likeness (QED) is 0.440. The zero-order chi connectivity index (χ0) is 24.0. The lowest BCUT2D eigenvalue weighted by Crippen LogP contribution is -2.49. The highest BCUT2D eigenvalue weighted by atomic mass is 32.2. The van der Waals surface area contributed by atoms with Crippen molar-refractivity contribution in [3.63, 3.8) is 0 Å². The molecule has 0 bridgehead atoms. The number of furan rings is 1. The van der Waals surface area contributed by atoms with Gasteiger partial charge in [0.15, 0.2) is 5.16 Å². The Morgan fingerprint density at radius 3 is 2.46 bits per heavy atom. The van der Waals surface area contributed by atoms with Gasteiger partial charge in [0.2, 0.25) is 11.9 Å². The molecule has 0 saturated carbocycles. The van der Waals surface area contributed by atoms with Gasteiger partial charge in [-0.15, -0.1) is 10.2 Å². The Hall–Kier alpha value is -2.78. The molecule has 3 aromatic rings. The first-order valence-corrected chi connectivity index (χ1v) is 13.6. The third kappa shape index (κ3) is 5.73. The van der Waals surface area contributed by atoms with Crippen molar-refractivity contribution in [2.45, 2.75) is 43.9 Å².